The van der Waals surface area contributed by atoms with Crippen molar-refractivity contribution in [1.82, 2.24) is 4.98 Å². The molecule has 0 amide bonds. The molecule has 3 aromatic rings. The zero-order valence-corrected chi connectivity index (χ0v) is 16.7. The minimum absolute atomic E-state index is 0. The Morgan fingerprint density at radius 1 is 1.20 bits per heavy atom. The minimum atomic E-state index is 0. The number of halogens is 1. The van der Waals surface area contributed by atoms with Crippen molar-refractivity contribution in [2.24, 2.45) is 10.7 Å². The van der Waals surface area contributed by atoms with E-state index >= 15 is 0 Å². The molecule has 0 bridgehead atoms. The predicted octanol–water partition coefficient (Wildman–Crippen LogP) is 4.07. The van der Waals surface area contributed by atoms with Crippen molar-refractivity contribution in [3.8, 4) is 5.75 Å². The van der Waals surface area contributed by atoms with E-state index in [4.69, 9.17) is 10.5 Å². The number of fused-ring (bicyclic) bond motifs is 1. The normalized spacial score (nSPS) is 11.2. The van der Waals surface area contributed by atoms with E-state index in [1.165, 1.54) is 16.5 Å². The average Bonchev–Trinajstić information content (AvgIpc) is 3.00. The second kappa shape index (κ2) is 8.75. The Morgan fingerprint density at radius 3 is 2.80 bits per heavy atom. The molecule has 0 aliphatic carbocycles. The van der Waals surface area contributed by atoms with Gasteiger partial charge in [0.2, 0.25) is 0 Å². The summed E-state index contributed by atoms with van der Waals surface area (Å²) in [6, 6.07) is 13.9. The van der Waals surface area contributed by atoms with Gasteiger partial charge in [0, 0.05) is 23.6 Å². The lowest BCUT2D eigenvalue weighted by molar-refractivity contribution is 0.417. The van der Waals surface area contributed by atoms with Crippen molar-refractivity contribution >= 4 is 46.5 Å². The second-order valence-corrected chi connectivity index (χ2v) is 5.65. The summed E-state index contributed by atoms with van der Waals surface area (Å²) in [4.78, 5) is 7.73. The maximum absolute atomic E-state index is 5.99. The van der Waals surface area contributed by atoms with Gasteiger partial charge in [-0.25, -0.2) is 0 Å². The number of anilines is 1. The van der Waals surface area contributed by atoms with E-state index in [2.05, 4.69) is 46.6 Å². The molecule has 25 heavy (non-hydrogen) atoms. The first-order chi connectivity index (χ1) is 11.7. The van der Waals surface area contributed by atoms with E-state index in [0.29, 0.717) is 12.5 Å². The van der Waals surface area contributed by atoms with Crippen LogP contribution in [0, 0.1) is 6.92 Å². The third-order valence-electron chi connectivity index (χ3n) is 4.03. The summed E-state index contributed by atoms with van der Waals surface area (Å²) in [5.41, 5.74) is 10.5. The van der Waals surface area contributed by atoms with Gasteiger partial charge in [0.05, 0.1) is 12.8 Å². The summed E-state index contributed by atoms with van der Waals surface area (Å²) >= 11 is 0. The van der Waals surface area contributed by atoms with Gasteiger partial charge < -0.3 is 20.8 Å². The molecule has 0 spiro atoms. The standard InChI is InChI=1S/C19H22N4O.HI/c1-13-6-5-8-16-18(13)14(12-22-16)10-11-21-19(20)23-15-7-3-4-9-17(15)24-2;/h3-9,12,22H,10-11H2,1-2H3,(H3,20,21,23);1H. The molecule has 0 saturated heterocycles. The highest BCUT2D eigenvalue weighted by Gasteiger charge is 2.06. The summed E-state index contributed by atoms with van der Waals surface area (Å²) in [6.45, 7) is 2.75. The fraction of sp³-hybridized carbons (Fsp3) is 0.211. The number of methoxy groups -OCH3 is 1. The number of aliphatic imine (C=N–C) groups is 1. The molecule has 0 saturated carbocycles. The lowest BCUT2D eigenvalue weighted by Crippen LogP contribution is -2.23. The Bertz CT molecular complexity index is 873. The molecule has 0 radical (unpaired) electrons. The monoisotopic (exact) mass is 450 g/mol. The van der Waals surface area contributed by atoms with Crippen LogP contribution in [0.15, 0.2) is 53.7 Å². The molecule has 132 valence electrons. The lowest BCUT2D eigenvalue weighted by atomic mass is 10.1. The van der Waals surface area contributed by atoms with Gasteiger partial charge in [0.1, 0.15) is 5.75 Å². The highest BCUT2D eigenvalue weighted by Crippen LogP contribution is 2.23. The van der Waals surface area contributed by atoms with Crippen molar-refractivity contribution in [3.05, 3.63) is 59.8 Å². The van der Waals surface area contributed by atoms with Crippen LogP contribution in [0.4, 0.5) is 5.69 Å². The molecule has 5 nitrogen and oxygen atoms in total. The van der Waals surface area contributed by atoms with Crippen LogP contribution in [0.25, 0.3) is 10.9 Å². The Balaban J connectivity index is 0.00000225. The second-order valence-electron chi connectivity index (χ2n) is 5.65. The van der Waals surface area contributed by atoms with E-state index < -0.39 is 0 Å². The SMILES string of the molecule is COc1ccccc1NC(N)=NCCc1c[nH]c2cccc(C)c12.I. The number of nitrogens with one attached hydrogen (secondary N) is 2. The first-order valence-corrected chi connectivity index (χ1v) is 7.94. The van der Waals surface area contributed by atoms with Crippen molar-refractivity contribution in [3.63, 3.8) is 0 Å². The van der Waals surface area contributed by atoms with Crippen molar-refractivity contribution < 1.29 is 4.74 Å². The van der Waals surface area contributed by atoms with Gasteiger partial charge in [0.15, 0.2) is 5.96 Å². The fourth-order valence-corrected chi connectivity index (χ4v) is 2.87. The van der Waals surface area contributed by atoms with Gasteiger partial charge in [0.25, 0.3) is 0 Å². The van der Waals surface area contributed by atoms with Gasteiger partial charge in [-0.2, -0.15) is 0 Å². The molecule has 4 N–H and O–H groups in total. The molecule has 0 fully saturated rings. The zero-order valence-electron chi connectivity index (χ0n) is 14.4. The van der Waals surface area contributed by atoms with Crippen molar-refractivity contribution in [2.75, 3.05) is 19.0 Å². The molecule has 3 rings (SSSR count). The Morgan fingerprint density at radius 2 is 2.00 bits per heavy atom. The molecule has 0 aliphatic heterocycles. The van der Waals surface area contributed by atoms with Crippen LogP contribution < -0.4 is 15.8 Å². The van der Waals surface area contributed by atoms with Gasteiger partial charge in [-0.05, 0) is 42.7 Å². The Labute approximate surface area is 164 Å². The third-order valence-corrected chi connectivity index (χ3v) is 4.03. The number of aromatic amines is 1. The van der Waals surface area contributed by atoms with Gasteiger partial charge in [-0.15, -0.1) is 24.0 Å². The summed E-state index contributed by atoms with van der Waals surface area (Å²) in [5.74, 6) is 1.12. The summed E-state index contributed by atoms with van der Waals surface area (Å²) in [7, 11) is 1.63. The van der Waals surface area contributed by atoms with Crippen molar-refractivity contribution in [2.45, 2.75) is 13.3 Å². The summed E-state index contributed by atoms with van der Waals surface area (Å²) < 4.78 is 5.29. The Kier molecular flexibility index (Phi) is 6.69. The van der Waals surface area contributed by atoms with E-state index in [1.54, 1.807) is 7.11 Å². The summed E-state index contributed by atoms with van der Waals surface area (Å²) in [6.07, 6.45) is 2.89. The fourth-order valence-electron chi connectivity index (χ4n) is 2.87. The molecule has 2 aromatic carbocycles. The third kappa shape index (κ3) is 4.45. The number of aromatic nitrogens is 1. The van der Waals surface area contributed by atoms with Crippen LogP contribution in [-0.2, 0) is 6.42 Å². The number of H-pyrrole nitrogens is 1. The zero-order chi connectivity index (χ0) is 16.9. The highest BCUT2D eigenvalue weighted by atomic mass is 127. The number of hydrogen-bond acceptors (Lipinski definition) is 2. The Hall–Kier alpha value is -2.22. The first kappa shape index (κ1) is 19.1. The quantitative estimate of drug-likeness (QED) is 0.312. The van der Waals surface area contributed by atoms with Crippen LogP contribution >= 0.6 is 24.0 Å². The van der Waals surface area contributed by atoms with Gasteiger partial charge in [-0.1, -0.05) is 24.3 Å². The number of ether oxygens (including phenoxy) is 1. The topological polar surface area (TPSA) is 75.4 Å². The molecule has 6 heteroatoms. The number of nitrogens with two attached hydrogens (primary N) is 1. The first-order valence-electron chi connectivity index (χ1n) is 7.94. The number of benzene rings is 2. The molecule has 1 aromatic heterocycles. The predicted molar refractivity (Wildman–Crippen MR) is 115 cm³/mol. The van der Waals surface area contributed by atoms with Crippen LogP contribution in [0.2, 0.25) is 0 Å². The van der Waals surface area contributed by atoms with E-state index in [-0.39, 0.29) is 24.0 Å². The number of aryl methyl sites for hydroxylation is 1. The van der Waals surface area contributed by atoms with Crippen molar-refractivity contribution in [1.29, 1.82) is 0 Å². The number of rotatable bonds is 5. The summed E-state index contributed by atoms with van der Waals surface area (Å²) in [5, 5.41) is 4.37. The number of nitrogens with zero attached hydrogens (tertiary/aromatic N) is 1. The molecule has 0 unspecified atom stereocenters. The number of para-hydroxylation sites is 2. The number of guanidine groups is 1. The number of hydrogen-bond donors (Lipinski definition) is 3. The highest BCUT2D eigenvalue weighted by molar-refractivity contribution is 14.0. The van der Waals surface area contributed by atoms with Gasteiger partial charge in [-0.3, -0.25) is 4.99 Å². The van der Waals surface area contributed by atoms with Crippen LogP contribution in [0.3, 0.4) is 0 Å². The van der Waals surface area contributed by atoms with Crippen LogP contribution in [-0.4, -0.2) is 24.6 Å². The molecular formula is C19H23IN4O. The van der Waals surface area contributed by atoms with E-state index in [9.17, 15) is 0 Å². The van der Waals surface area contributed by atoms with E-state index in [1.807, 2.05) is 24.3 Å². The molecule has 1 heterocycles. The minimum Gasteiger partial charge on any atom is -0.495 e. The molecule has 0 atom stereocenters. The molecular weight excluding hydrogens is 427 g/mol. The van der Waals surface area contributed by atoms with E-state index in [0.717, 1.165) is 23.4 Å². The van der Waals surface area contributed by atoms with Crippen LogP contribution in [0.5, 0.6) is 5.75 Å². The molecule has 0 aliphatic rings. The van der Waals surface area contributed by atoms with Gasteiger partial charge >= 0.3 is 0 Å². The average molecular weight is 450 g/mol. The van der Waals surface area contributed by atoms with Crippen LogP contribution in [0.1, 0.15) is 11.1 Å². The maximum atomic E-state index is 5.99. The smallest absolute Gasteiger partial charge is 0.193 e. The lowest BCUT2D eigenvalue weighted by Gasteiger charge is -2.10. The maximum Gasteiger partial charge on any atom is 0.193 e. The largest absolute Gasteiger partial charge is 0.495 e.